The first-order chi connectivity index (χ1) is 15.5. The summed E-state index contributed by atoms with van der Waals surface area (Å²) in [5.74, 6) is 2.32. The summed E-state index contributed by atoms with van der Waals surface area (Å²) in [7, 11) is 0. The zero-order chi connectivity index (χ0) is 22.3. The lowest BCUT2D eigenvalue weighted by atomic mass is 10.1. The van der Waals surface area contributed by atoms with Crippen LogP contribution in [-0.2, 0) is 6.54 Å². The van der Waals surface area contributed by atoms with Gasteiger partial charge in [-0.15, -0.1) is 0 Å². The number of anilines is 3. The number of ether oxygens (including phenoxy) is 1. The van der Waals surface area contributed by atoms with Crippen LogP contribution in [0.1, 0.15) is 19.5 Å². The van der Waals surface area contributed by atoms with Crippen molar-refractivity contribution in [1.29, 1.82) is 0 Å². The number of aromatic nitrogens is 3. The molecule has 0 saturated heterocycles. The predicted octanol–water partition coefficient (Wildman–Crippen LogP) is 5.15. The molecule has 0 amide bonds. The monoisotopic (exact) mass is 426 g/mol. The summed E-state index contributed by atoms with van der Waals surface area (Å²) < 4.78 is 5.99. The fraction of sp³-hybridized carbons (Fsp3) is 0.160. The highest BCUT2D eigenvalue weighted by Gasteiger charge is 2.06. The van der Waals surface area contributed by atoms with Crippen LogP contribution in [0.2, 0.25) is 0 Å². The average molecular weight is 427 g/mol. The number of pyridine rings is 1. The molecule has 0 saturated carbocycles. The van der Waals surface area contributed by atoms with Crippen LogP contribution in [0.5, 0.6) is 11.5 Å². The van der Waals surface area contributed by atoms with Crippen molar-refractivity contribution in [2.75, 3.05) is 11.1 Å². The minimum absolute atomic E-state index is 0.217. The smallest absolute Gasteiger partial charge is 0.222 e. The van der Waals surface area contributed by atoms with E-state index in [0.29, 0.717) is 18.4 Å². The van der Waals surface area contributed by atoms with Crippen LogP contribution in [0, 0.1) is 0 Å². The Kier molecular flexibility index (Phi) is 6.57. The standard InChI is InChI=1S/C25H26N6O/c1-17(2)28-16-20-14-22(12-13-27-20)32-21-10-8-19(9-11-21)29-24-15-23(30-25(26)31-24)18-6-4-3-5-7-18/h3-15,17,28H,16H2,1-2H3,(H3,26,29,30,31). The lowest BCUT2D eigenvalue weighted by Crippen LogP contribution is -2.22. The second kappa shape index (κ2) is 9.89. The van der Waals surface area contributed by atoms with E-state index in [1.54, 1.807) is 6.20 Å². The first-order valence-electron chi connectivity index (χ1n) is 10.5. The molecule has 2 aromatic carbocycles. The molecule has 0 aliphatic rings. The molecular weight excluding hydrogens is 400 g/mol. The molecule has 0 atom stereocenters. The Hall–Kier alpha value is -3.97. The van der Waals surface area contributed by atoms with Crippen molar-refractivity contribution in [3.63, 3.8) is 0 Å². The maximum atomic E-state index is 5.99. The van der Waals surface area contributed by atoms with Gasteiger partial charge in [-0.3, -0.25) is 4.98 Å². The zero-order valence-corrected chi connectivity index (χ0v) is 18.1. The molecule has 4 rings (SSSR count). The van der Waals surface area contributed by atoms with E-state index in [-0.39, 0.29) is 5.95 Å². The first-order valence-corrected chi connectivity index (χ1v) is 10.5. The number of hydrogen-bond acceptors (Lipinski definition) is 7. The maximum absolute atomic E-state index is 5.99. The summed E-state index contributed by atoms with van der Waals surface area (Å²) in [5.41, 5.74) is 9.47. The van der Waals surface area contributed by atoms with Crippen LogP contribution in [0.4, 0.5) is 17.5 Å². The average Bonchev–Trinajstić information content (AvgIpc) is 2.79. The molecule has 0 aliphatic carbocycles. The molecular formula is C25H26N6O. The van der Waals surface area contributed by atoms with E-state index in [4.69, 9.17) is 10.5 Å². The van der Waals surface area contributed by atoms with E-state index in [1.165, 1.54) is 0 Å². The molecule has 4 aromatic rings. The molecule has 162 valence electrons. The molecule has 7 nitrogen and oxygen atoms in total. The summed E-state index contributed by atoms with van der Waals surface area (Å²) in [6, 6.07) is 23.6. The Morgan fingerprint density at radius 1 is 0.906 bits per heavy atom. The largest absolute Gasteiger partial charge is 0.457 e. The number of nitrogens with one attached hydrogen (secondary N) is 2. The van der Waals surface area contributed by atoms with Gasteiger partial charge in [0.2, 0.25) is 5.95 Å². The third-order valence-corrected chi connectivity index (χ3v) is 4.65. The first kappa shape index (κ1) is 21.3. The van der Waals surface area contributed by atoms with Crippen LogP contribution in [-0.4, -0.2) is 21.0 Å². The van der Waals surface area contributed by atoms with Crippen LogP contribution in [0.25, 0.3) is 11.3 Å². The fourth-order valence-electron chi connectivity index (χ4n) is 3.10. The second-order valence-electron chi connectivity index (χ2n) is 7.63. The fourth-order valence-corrected chi connectivity index (χ4v) is 3.10. The van der Waals surface area contributed by atoms with Gasteiger partial charge in [0.1, 0.15) is 17.3 Å². The van der Waals surface area contributed by atoms with Crippen LogP contribution < -0.4 is 21.1 Å². The van der Waals surface area contributed by atoms with Gasteiger partial charge in [-0.05, 0) is 30.3 Å². The molecule has 0 spiro atoms. The molecule has 0 unspecified atom stereocenters. The van der Waals surface area contributed by atoms with Crippen molar-refractivity contribution in [1.82, 2.24) is 20.3 Å². The topological polar surface area (TPSA) is 98.0 Å². The molecule has 0 bridgehead atoms. The number of nitrogens with zero attached hydrogens (tertiary/aromatic N) is 3. The minimum atomic E-state index is 0.217. The van der Waals surface area contributed by atoms with Crippen molar-refractivity contribution in [3.8, 4) is 22.8 Å². The van der Waals surface area contributed by atoms with Gasteiger partial charge in [-0.25, -0.2) is 4.98 Å². The molecule has 0 aliphatic heterocycles. The molecule has 2 heterocycles. The van der Waals surface area contributed by atoms with E-state index < -0.39 is 0 Å². The highest BCUT2D eigenvalue weighted by molar-refractivity contribution is 5.67. The van der Waals surface area contributed by atoms with Gasteiger partial charge >= 0.3 is 0 Å². The predicted molar refractivity (Wildman–Crippen MR) is 128 cm³/mol. The molecule has 0 radical (unpaired) electrons. The SMILES string of the molecule is CC(C)NCc1cc(Oc2ccc(Nc3cc(-c4ccccc4)nc(N)n3)cc2)ccn1. The Bertz CT molecular complexity index is 1160. The van der Waals surface area contributed by atoms with Gasteiger partial charge < -0.3 is 21.1 Å². The molecule has 4 N–H and O–H groups in total. The Labute approximate surface area is 187 Å². The Morgan fingerprint density at radius 3 is 2.44 bits per heavy atom. The van der Waals surface area contributed by atoms with Crippen LogP contribution in [0.3, 0.4) is 0 Å². The van der Waals surface area contributed by atoms with Gasteiger partial charge in [0.15, 0.2) is 0 Å². The van der Waals surface area contributed by atoms with E-state index in [0.717, 1.165) is 34.1 Å². The number of hydrogen-bond donors (Lipinski definition) is 3. The lowest BCUT2D eigenvalue weighted by Gasteiger charge is -2.11. The third-order valence-electron chi connectivity index (χ3n) is 4.65. The summed E-state index contributed by atoms with van der Waals surface area (Å²) in [4.78, 5) is 13.0. The summed E-state index contributed by atoms with van der Waals surface area (Å²) >= 11 is 0. The number of benzene rings is 2. The summed E-state index contributed by atoms with van der Waals surface area (Å²) in [6.45, 7) is 4.91. The van der Waals surface area contributed by atoms with E-state index in [2.05, 4.69) is 39.4 Å². The van der Waals surface area contributed by atoms with E-state index in [9.17, 15) is 0 Å². The van der Waals surface area contributed by atoms with Crippen molar-refractivity contribution in [2.24, 2.45) is 0 Å². The molecule has 32 heavy (non-hydrogen) atoms. The zero-order valence-electron chi connectivity index (χ0n) is 18.1. The van der Waals surface area contributed by atoms with Crippen LogP contribution in [0.15, 0.2) is 79.0 Å². The van der Waals surface area contributed by atoms with E-state index in [1.807, 2.05) is 72.8 Å². The van der Waals surface area contributed by atoms with Gasteiger partial charge in [0.05, 0.1) is 11.4 Å². The highest BCUT2D eigenvalue weighted by Crippen LogP contribution is 2.26. The molecule has 2 aromatic heterocycles. The molecule has 7 heteroatoms. The lowest BCUT2D eigenvalue weighted by molar-refractivity contribution is 0.479. The van der Waals surface area contributed by atoms with Crippen molar-refractivity contribution in [2.45, 2.75) is 26.4 Å². The van der Waals surface area contributed by atoms with Crippen LogP contribution >= 0.6 is 0 Å². The second-order valence-corrected chi connectivity index (χ2v) is 7.63. The van der Waals surface area contributed by atoms with Crippen molar-refractivity contribution < 1.29 is 4.74 Å². The quantitative estimate of drug-likeness (QED) is 0.358. The van der Waals surface area contributed by atoms with Gasteiger partial charge in [0.25, 0.3) is 0 Å². The van der Waals surface area contributed by atoms with Gasteiger partial charge in [0, 0.05) is 42.2 Å². The summed E-state index contributed by atoms with van der Waals surface area (Å²) in [5, 5.41) is 6.63. The maximum Gasteiger partial charge on any atom is 0.222 e. The van der Waals surface area contributed by atoms with Gasteiger partial charge in [-0.1, -0.05) is 44.2 Å². The van der Waals surface area contributed by atoms with Crippen molar-refractivity contribution in [3.05, 3.63) is 84.7 Å². The normalized spacial score (nSPS) is 10.8. The van der Waals surface area contributed by atoms with Crippen molar-refractivity contribution >= 4 is 17.5 Å². The summed E-state index contributed by atoms with van der Waals surface area (Å²) in [6.07, 6.45) is 1.76. The molecule has 0 fully saturated rings. The highest BCUT2D eigenvalue weighted by atomic mass is 16.5. The minimum Gasteiger partial charge on any atom is -0.457 e. The number of nitrogens with two attached hydrogens (primary N) is 1. The third kappa shape index (κ3) is 5.80. The van der Waals surface area contributed by atoms with Gasteiger partial charge in [-0.2, -0.15) is 4.98 Å². The number of nitrogen functional groups attached to an aromatic ring is 1. The van der Waals surface area contributed by atoms with E-state index >= 15 is 0 Å². The number of rotatable bonds is 8. The Balaban J connectivity index is 1.44. The Morgan fingerprint density at radius 2 is 1.69 bits per heavy atom.